The van der Waals surface area contributed by atoms with E-state index in [0.717, 1.165) is 38.1 Å². The fourth-order valence-corrected chi connectivity index (χ4v) is 2.95. The molecule has 1 saturated heterocycles. The minimum Gasteiger partial charge on any atom is -0.376 e. The summed E-state index contributed by atoms with van der Waals surface area (Å²) < 4.78 is 5.75. The third-order valence-corrected chi connectivity index (χ3v) is 4.26. The van der Waals surface area contributed by atoms with E-state index < -0.39 is 0 Å². The van der Waals surface area contributed by atoms with Crippen LogP contribution < -0.4 is 5.32 Å². The van der Waals surface area contributed by atoms with Gasteiger partial charge in [-0.05, 0) is 31.7 Å². The number of rotatable bonds is 5. The number of nitrogens with zero attached hydrogens (tertiary/aromatic N) is 1. The fraction of sp³-hybridized carbons (Fsp3) is 1.00. The number of hydrogen-bond donors (Lipinski definition) is 1. The molecule has 1 N–H and O–H groups in total. The first kappa shape index (κ1) is 13.3. The first-order chi connectivity index (χ1) is 8.20. The Labute approximate surface area is 106 Å². The molecule has 1 aliphatic heterocycles. The van der Waals surface area contributed by atoms with Crippen LogP contribution in [0, 0.1) is 5.92 Å². The van der Waals surface area contributed by atoms with Gasteiger partial charge in [0.25, 0.3) is 0 Å². The van der Waals surface area contributed by atoms with E-state index in [1.165, 1.54) is 19.4 Å². The van der Waals surface area contributed by atoms with E-state index in [2.05, 4.69) is 31.0 Å². The second-order valence-corrected chi connectivity index (χ2v) is 5.86. The summed E-state index contributed by atoms with van der Waals surface area (Å²) in [5.41, 5.74) is 0. The van der Waals surface area contributed by atoms with Crippen LogP contribution in [0.3, 0.4) is 0 Å². The smallest absolute Gasteiger partial charge is 0.0700 e. The Hall–Kier alpha value is -0.120. The van der Waals surface area contributed by atoms with Crippen molar-refractivity contribution >= 4 is 0 Å². The van der Waals surface area contributed by atoms with Gasteiger partial charge in [0.2, 0.25) is 0 Å². The van der Waals surface area contributed by atoms with E-state index in [1.54, 1.807) is 0 Å². The van der Waals surface area contributed by atoms with Gasteiger partial charge in [0.15, 0.2) is 0 Å². The highest BCUT2D eigenvalue weighted by atomic mass is 16.5. The molecule has 100 valence electrons. The molecule has 0 aromatic heterocycles. The number of morpholine rings is 1. The minimum atomic E-state index is 0.475. The highest BCUT2D eigenvalue weighted by Gasteiger charge is 2.37. The third kappa shape index (κ3) is 3.43. The summed E-state index contributed by atoms with van der Waals surface area (Å²) in [7, 11) is 0. The predicted molar refractivity (Wildman–Crippen MR) is 71.3 cm³/mol. The lowest BCUT2D eigenvalue weighted by molar-refractivity contribution is -0.0704. The summed E-state index contributed by atoms with van der Waals surface area (Å²) in [4.78, 5) is 2.67. The van der Waals surface area contributed by atoms with Gasteiger partial charge in [-0.1, -0.05) is 20.8 Å². The van der Waals surface area contributed by atoms with Crippen molar-refractivity contribution in [1.82, 2.24) is 10.2 Å². The largest absolute Gasteiger partial charge is 0.376 e. The van der Waals surface area contributed by atoms with Crippen LogP contribution in [-0.2, 0) is 4.74 Å². The number of hydrogen-bond acceptors (Lipinski definition) is 3. The van der Waals surface area contributed by atoms with Crippen molar-refractivity contribution in [2.24, 2.45) is 5.92 Å². The molecule has 0 bridgehead atoms. The quantitative estimate of drug-likeness (QED) is 0.794. The Morgan fingerprint density at radius 2 is 2.18 bits per heavy atom. The molecule has 1 saturated carbocycles. The molecule has 0 aromatic carbocycles. The van der Waals surface area contributed by atoms with Gasteiger partial charge in [0, 0.05) is 25.2 Å². The zero-order chi connectivity index (χ0) is 12.3. The van der Waals surface area contributed by atoms with Crippen LogP contribution in [-0.4, -0.2) is 49.3 Å². The highest BCUT2D eigenvalue weighted by molar-refractivity contribution is 4.92. The van der Waals surface area contributed by atoms with Crippen molar-refractivity contribution in [2.75, 3.05) is 26.2 Å². The first-order valence-electron chi connectivity index (χ1n) is 7.29. The standard InChI is InChI=1S/C14H28N2O/c1-4-13-10-16(7-8-17-13)14-6-5-12(14)9-15-11(2)3/h11-15H,4-10H2,1-3H3. The molecule has 0 spiro atoms. The molecule has 2 rings (SSSR count). The Morgan fingerprint density at radius 1 is 1.35 bits per heavy atom. The summed E-state index contributed by atoms with van der Waals surface area (Å²) in [5, 5.41) is 3.58. The average molecular weight is 240 g/mol. The van der Waals surface area contributed by atoms with Gasteiger partial charge >= 0.3 is 0 Å². The maximum absolute atomic E-state index is 5.75. The summed E-state index contributed by atoms with van der Waals surface area (Å²) in [6.07, 6.45) is 4.42. The summed E-state index contributed by atoms with van der Waals surface area (Å²) >= 11 is 0. The van der Waals surface area contributed by atoms with E-state index in [1.807, 2.05) is 0 Å². The van der Waals surface area contributed by atoms with Gasteiger partial charge in [-0.15, -0.1) is 0 Å². The van der Waals surface area contributed by atoms with Crippen molar-refractivity contribution in [3.05, 3.63) is 0 Å². The van der Waals surface area contributed by atoms with Gasteiger partial charge in [-0.3, -0.25) is 4.90 Å². The Balaban J connectivity index is 1.77. The molecule has 2 fully saturated rings. The molecule has 3 heteroatoms. The van der Waals surface area contributed by atoms with Gasteiger partial charge in [-0.2, -0.15) is 0 Å². The summed E-state index contributed by atoms with van der Waals surface area (Å²) in [6.45, 7) is 11.1. The van der Waals surface area contributed by atoms with E-state index in [0.29, 0.717) is 12.1 Å². The normalized spacial score (nSPS) is 34.9. The molecule has 1 aliphatic carbocycles. The van der Waals surface area contributed by atoms with Crippen LogP contribution in [0.15, 0.2) is 0 Å². The zero-order valence-electron chi connectivity index (χ0n) is 11.6. The number of ether oxygens (including phenoxy) is 1. The second-order valence-electron chi connectivity index (χ2n) is 5.86. The zero-order valence-corrected chi connectivity index (χ0v) is 11.6. The van der Waals surface area contributed by atoms with Crippen molar-refractivity contribution in [3.63, 3.8) is 0 Å². The van der Waals surface area contributed by atoms with Gasteiger partial charge in [0.1, 0.15) is 0 Å². The average Bonchev–Trinajstić information content (AvgIpc) is 2.27. The van der Waals surface area contributed by atoms with Crippen molar-refractivity contribution < 1.29 is 4.74 Å². The SMILES string of the molecule is CCC1CN(C2CCC2CNC(C)C)CCO1. The molecule has 1 heterocycles. The Kier molecular flexibility index (Phi) is 4.83. The molecular formula is C14H28N2O. The van der Waals surface area contributed by atoms with Crippen LogP contribution in [0.4, 0.5) is 0 Å². The van der Waals surface area contributed by atoms with Crippen LogP contribution in [0.2, 0.25) is 0 Å². The molecule has 2 aliphatic rings. The molecule has 0 amide bonds. The second kappa shape index (κ2) is 6.17. The lowest BCUT2D eigenvalue weighted by Crippen LogP contribution is -2.56. The van der Waals surface area contributed by atoms with Crippen molar-refractivity contribution in [2.45, 2.75) is 58.2 Å². The third-order valence-electron chi connectivity index (χ3n) is 4.26. The lowest BCUT2D eigenvalue weighted by Gasteiger charge is -2.47. The summed E-state index contributed by atoms with van der Waals surface area (Å²) in [6, 6.07) is 1.43. The topological polar surface area (TPSA) is 24.5 Å². The van der Waals surface area contributed by atoms with Gasteiger partial charge in [-0.25, -0.2) is 0 Å². The van der Waals surface area contributed by atoms with Crippen molar-refractivity contribution in [3.8, 4) is 0 Å². The molecule has 17 heavy (non-hydrogen) atoms. The Morgan fingerprint density at radius 3 is 2.76 bits per heavy atom. The molecule has 0 radical (unpaired) electrons. The maximum atomic E-state index is 5.75. The monoisotopic (exact) mass is 240 g/mol. The predicted octanol–water partition coefficient (Wildman–Crippen LogP) is 1.87. The lowest BCUT2D eigenvalue weighted by atomic mass is 9.78. The summed E-state index contributed by atoms with van der Waals surface area (Å²) in [5.74, 6) is 0.869. The van der Waals surface area contributed by atoms with E-state index in [9.17, 15) is 0 Å². The van der Waals surface area contributed by atoms with Crippen LogP contribution in [0.1, 0.15) is 40.0 Å². The van der Waals surface area contributed by atoms with Crippen LogP contribution >= 0.6 is 0 Å². The minimum absolute atomic E-state index is 0.475. The Bertz CT molecular complexity index is 232. The molecule has 0 aromatic rings. The maximum Gasteiger partial charge on any atom is 0.0700 e. The fourth-order valence-electron chi connectivity index (χ4n) is 2.95. The highest BCUT2D eigenvalue weighted by Crippen LogP contribution is 2.33. The van der Waals surface area contributed by atoms with Crippen LogP contribution in [0.25, 0.3) is 0 Å². The van der Waals surface area contributed by atoms with Crippen LogP contribution in [0.5, 0.6) is 0 Å². The molecular weight excluding hydrogens is 212 g/mol. The molecule has 3 atom stereocenters. The van der Waals surface area contributed by atoms with E-state index in [-0.39, 0.29) is 0 Å². The van der Waals surface area contributed by atoms with Gasteiger partial charge in [0.05, 0.1) is 12.7 Å². The van der Waals surface area contributed by atoms with E-state index >= 15 is 0 Å². The molecule has 3 unspecified atom stereocenters. The molecule has 3 nitrogen and oxygen atoms in total. The van der Waals surface area contributed by atoms with E-state index in [4.69, 9.17) is 4.74 Å². The first-order valence-corrected chi connectivity index (χ1v) is 7.29. The number of nitrogens with one attached hydrogen (secondary N) is 1. The van der Waals surface area contributed by atoms with Crippen molar-refractivity contribution in [1.29, 1.82) is 0 Å². The van der Waals surface area contributed by atoms with Gasteiger partial charge < -0.3 is 10.1 Å².